The zero-order chi connectivity index (χ0) is 24.8. The first-order valence-electron chi connectivity index (χ1n) is 11.2. The molecular formula is C27H26Cl2N2O4. The van der Waals surface area contributed by atoms with E-state index in [2.05, 4.69) is 45.9 Å². The Kier molecular flexibility index (Phi) is 8.31. The monoisotopic (exact) mass is 512 g/mol. The quantitative estimate of drug-likeness (QED) is 0.326. The van der Waals surface area contributed by atoms with Crippen LogP contribution in [0.25, 0.3) is 10.9 Å². The van der Waals surface area contributed by atoms with Crippen molar-refractivity contribution >= 4 is 40.6 Å². The standard InChI is InChI=1S/C20H21ClN2O2.C7H5ClO2/c1-23-9-8-16-17-12-14(21)4-7-18(17)22-19(16)20(23)13-2-5-15(6-3-13)25-11-10-24;8-6-1-3-7(4-2-6)10-5-9/h2-7,12,20,22,24H,8-11H2,1H3;1-5H. The van der Waals surface area contributed by atoms with Gasteiger partial charge in [-0.3, -0.25) is 9.69 Å². The third-order valence-electron chi connectivity index (χ3n) is 5.88. The zero-order valence-electron chi connectivity index (χ0n) is 19.2. The molecule has 0 spiro atoms. The molecule has 5 rings (SSSR count). The van der Waals surface area contributed by atoms with Gasteiger partial charge < -0.3 is 19.6 Å². The van der Waals surface area contributed by atoms with E-state index in [4.69, 9.17) is 33.0 Å². The Morgan fingerprint density at radius 1 is 1.03 bits per heavy atom. The minimum absolute atomic E-state index is 0.0219. The molecule has 0 saturated carbocycles. The van der Waals surface area contributed by atoms with Crippen LogP contribution in [0.5, 0.6) is 11.5 Å². The molecule has 35 heavy (non-hydrogen) atoms. The number of benzene rings is 3. The molecule has 4 aromatic rings. The molecule has 1 atom stereocenters. The number of fused-ring (bicyclic) bond motifs is 3. The minimum atomic E-state index is 0.0219. The van der Waals surface area contributed by atoms with Crippen molar-refractivity contribution in [3.05, 3.63) is 93.6 Å². The van der Waals surface area contributed by atoms with Crippen molar-refractivity contribution in [3.8, 4) is 11.5 Å². The molecule has 2 N–H and O–H groups in total. The van der Waals surface area contributed by atoms with Crippen molar-refractivity contribution in [2.24, 2.45) is 0 Å². The third-order valence-corrected chi connectivity index (χ3v) is 6.37. The number of carbonyl (C=O) groups excluding carboxylic acids is 1. The van der Waals surface area contributed by atoms with Gasteiger partial charge in [0.1, 0.15) is 18.1 Å². The van der Waals surface area contributed by atoms with Crippen LogP contribution >= 0.6 is 23.2 Å². The molecule has 182 valence electrons. The maximum atomic E-state index is 9.80. The fraction of sp³-hybridized carbons (Fsp3) is 0.222. The molecule has 0 bridgehead atoms. The van der Waals surface area contributed by atoms with Crippen LogP contribution in [0.3, 0.4) is 0 Å². The van der Waals surface area contributed by atoms with Crippen LogP contribution in [0.4, 0.5) is 0 Å². The van der Waals surface area contributed by atoms with E-state index in [0.717, 1.165) is 29.3 Å². The van der Waals surface area contributed by atoms with Crippen LogP contribution in [-0.4, -0.2) is 48.3 Å². The Hall–Kier alpha value is -3.03. The van der Waals surface area contributed by atoms with Gasteiger partial charge in [-0.05, 0) is 79.2 Å². The number of aromatic nitrogens is 1. The number of hydrogen-bond donors (Lipinski definition) is 2. The number of ether oxygens (including phenoxy) is 2. The van der Waals surface area contributed by atoms with E-state index in [-0.39, 0.29) is 12.6 Å². The van der Waals surface area contributed by atoms with Crippen LogP contribution in [0.1, 0.15) is 22.9 Å². The summed E-state index contributed by atoms with van der Waals surface area (Å²) < 4.78 is 9.99. The van der Waals surface area contributed by atoms with Gasteiger partial charge in [-0.1, -0.05) is 35.3 Å². The normalized spacial score (nSPS) is 15.1. The first kappa shape index (κ1) is 25.1. The lowest BCUT2D eigenvalue weighted by atomic mass is 9.93. The SMILES string of the molecule is CN1CCc2c([nH]c3ccc(Cl)cc23)C1c1ccc(OCCO)cc1.O=COc1ccc(Cl)cc1. The van der Waals surface area contributed by atoms with Gasteiger partial charge in [-0.25, -0.2) is 0 Å². The summed E-state index contributed by atoms with van der Waals surface area (Å²) in [5, 5.41) is 11.5. The Morgan fingerprint density at radius 3 is 2.40 bits per heavy atom. The van der Waals surface area contributed by atoms with Crippen LogP contribution in [0.2, 0.25) is 10.0 Å². The fourth-order valence-corrected chi connectivity index (χ4v) is 4.58. The molecular weight excluding hydrogens is 487 g/mol. The van der Waals surface area contributed by atoms with Crippen molar-refractivity contribution in [1.29, 1.82) is 0 Å². The van der Waals surface area contributed by atoms with Crippen LogP contribution < -0.4 is 9.47 Å². The lowest BCUT2D eigenvalue weighted by Gasteiger charge is -2.33. The van der Waals surface area contributed by atoms with Gasteiger partial charge in [0.25, 0.3) is 6.47 Å². The van der Waals surface area contributed by atoms with Crippen molar-refractivity contribution in [2.45, 2.75) is 12.5 Å². The van der Waals surface area contributed by atoms with Crippen molar-refractivity contribution < 1.29 is 19.4 Å². The van der Waals surface area contributed by atoms with E-state index in [1.165, 1.54) is 22.2 Å². The molecule has 8 heteroatoms. The van der Waals surface area contributed by atoms with Gasteiger partial charge in [-0.15, -0.1) is 0 Å². The number of carbonyl (C=O) groups is 1. The Balaban J connectivity index is 0.000000243. The highest BCUT2D eigenvalue weighted by molar-refractivity contribution is 6.31. The average Bonchev–Trinajstić information content (AvgIpc) is 3.23. The summed E-state index contributed by atoms with van der Waals surface area (Å²) in [4.78, 5) is 15.8. The van der Waals surface area contributed by atoms with E-state index in [1.807, 2.05) is 18.2 Å². The van der Waals surface area contributed by atoms with Crippen LogP contribution in [0, 0.1) is 0 Å². The molecule has 2 heterocycles. The van der Waals surface area contributed by atoms with Crippen molar-refractivity contribution in [1.82, 2.24) is 9.88 Å². The molecule has 0 radical (unpaired) electrons. The Labute approximate surface area is 214 Å². The zero-order valence-corrected chi connectivity index (χ0v) is 20.7. The number of rotatable bonds is 6. The number of H-pyrrole nitrogens is 1. The molecule has 0 saturated heterocycles. The average molecular weight is 513 g/mol. The number of nitrogens with zero attached hydrogens (tertiary/aromatic N) is 1. The summed E-state index contributed by atoms with van der Waals surface area (Å²) in [6.07, 6.45) is 1.01. The van der Waals surface area contributed by atoms with Gasteiger partial charge >= 0.3 is 0 Å². The first-order valence-corrected chi connectivity index (χ1v) is 12.0. The predicted molar refractivity (Wildman–Crippen MR) is 139 cm³/mol. The topological polar surface area (TPSA) is 74.8 Å². The second-order valence-corrected chi connectivity index (χ2v) is 9.02. The third kappa shape index (κ3) is 5.97. The fourth-order valence-electron chi connectivity index (χ4n) is 4.28. The van der Waals surface area contributed by atoms with Gasteiger partial charge in [0.05, 0.1) is 12.6 Å². The second kappa shape index (κ2) is 11.6. The maximum absolute atomic E-state index is 9.80. The molecule has 3 aromatic carbocycles. The molecule has 0 amide bonds. The lowest BCUT2D eigenvalue weighted by molar-refractivity contribution is -0.120. The minimum Gasteiger partial charge on any atom is -0.491 e. The van der Waals surface area contributed by atoms with E-state index in [9.17, 15) is 4.79 Å². The number of nitrogens with one attached hydrogen (secondary N) is 1. The summed E-state index contributed by atoms with van der Waals surface area (Å²) in [5.41, 5.74) is 4.96. The largest absolute Gasteiger partial charge is 0.491 e. The number of aromatic amines is 1. The number of halogens is 2. The predicted octanol–water partition coefficient (Wildman–Crippen LogP) is 5.64. The van der Waals surface area contributed by atoms with E-state index in [1.54, 1.807) is 24.3 Å². The molecule has 1 aliphatic heterocycles. The van der Waals surface area contributed by atoms with E-state index in [0.29, 0.717) is 23.9 Å². The number of aliphatic hydroxyl groups is 1. The van der Waals surface area contributed by atoms with Crippen LogP contribution in [-0.2, 0) is 11.2 Å². The Bertz CT molecular complexity index is 1270. The summed E-state index contributed by atoms with van der Waals surface area (Å²) >= 11 is 11.8. The van der Waals surface area contributed by atoms with Gasteiger partial charge in [0, 0.05) is 33.2 Å². The first-order chi connectivity index (χ1) is 17.0. The highest BCUT2D eigenvalue weighted by Gasteiger charge is 2.29. The number of likely N-dealkylation sites (N-methyl/N-ethyl adjacent to an activating group) is 1. The summed E-state index contributed by atoms with van der Waals surface area (Å²) in [6.45, 7) is 1.72. The molecule has 1 aromatic heterocycles. The molecule has 1 aliphatic rings. The van der Waals surface area contributed by atoms with E-state index >= 15 is 0 Å². The summed E-state index contributed by atoms with van der Waals surface area (Å²) in [6, 6.07) is 20.9. The van der Waals surface area contributed by atoms with Gasteiger partial charge in [-0.2, -0.15) is 0 Å². The van der Waals surface area contributed by atoms with Crippen LogP contribution in [0.15, 0.2) is 66.7 Å². The van der Waals surface area contributed by atoms with Gasteiger partial charge in [0.15, 0.2) is 0 Å². The van der Waals surface area contributed by atoms with Gasteiger partial charge in [0.2, 0.25) is 0 Å². The second-order valence-electron chi connectivity index (χ2n) is 8.15. The lowest BCUT2D eigenvalue weighted by Crippen LogP contribution is -2.32. The molecule has 6 nitrogen and oxygen atoms in total. The van der Waals surface area contributed by atoms with E-state index < -0.39 is 0 Å². The molecule has 1 unspecified atom stereocenters. The summed E-state index contributed by atoms with van der Waals surface area (Å²) in [7, 11) is 2.16. The molecule has 0 aliphatic carbocycles. The molecule has 0 fully saturated rings. The highest BCUT2D eigenvalue weighted by Crippen LogP contribution is 2.38. The Morgan fingerprint density at radius 2 is 1.71 bits per heavy atom. The highest BCUT2D eigenvalue weighted by atomic mass is 35.5. The van der Waals surface area contributed by atoms with Crippen molar-refractivity contribution in [2.75, 3.05) is 26.8 Å². The van der Waals surface area contributed by atoms with Crippen molar-refractivity contribution in [3.63, 3.8) is 0 Å². The number of aliphatic hydroxyl groups excluding tert-OH is 1. The maximum Gasteiger partial charge on any atom is 0.298 e. The number of hydrogen-bond acceptors (Lipinski definition) is 5. The smallest absolute Gasteiger partial charge is 0.298 e. The summed E-state index contributed by atoms with van der Waals surface area (Å²) in [5.74, 6) is 1.28.